The molecule has 0 saturated carbocycles. The molecule has 0 radical (unpaired) electrons. The van der Waals surface area contributed by atoms with Crippen molar-refractivity contribution in [2.45, 2.75) is 6.92 Å². The maximum Gasteiger partial charge on any atom is 0.269 e. The van der Waals surface area contributed by atoms with Crippen LogP contribution in [0.2, 0.25) is 0 Å². The van der Waals surface area contributed by atoms with Crippen molar-refractivity contribution in [2.24, 2.45) is 0 Å². The van der Waals surface area contributed by atoms with Gasteiger partial charge in [-0.15, -0.1) is 0 Å². The summed E-state index contributed by atoms with van der Waals surface area (Å²) in [4.78, 5) is 10.3. The lowest BCUT2D eigenvalue weighted by Gasteiger charge is -2.05. The van der Waals surface area contributed by atoms with Crippen LogP contribution in [0.1, 0.15) is 16.7 Å². The topological polar surface area (TPSA) is 43.1 Å². The Labute approximate surface area is 128 Å². The Hall–Kier alpha value is -2.94. The molecule has 0 aromatic heterocycles. The average Bonchev–Trinajstić information content (AvgIpc) is 2.55. The number of benzene rings is 3. The maximum absolute atomic E-state index is 10.7. The van der Waals surface area contributed by atoms with Gasteiger partial charge in [0.25, 0.3) is 5.69 Å². The molecule has 108 valence electrons. The van der Waals surface area contributed by atoms with Crippen molar-refractivity contribution in [1.82, 2.24) is 0 Å². The zero-order chi connectivity index (χ0) is 15.5. The largest absolute Gasteiger partial charge is 0.269 e. The highest BCUT2D eigenvalue weighted by Crippen LogP contribution is 2.24. The molecular weight excluding hydrogens is 274 g/mol. The lowest BCUT2D eigenvalue weighted by molar-refractivity contribution is -0.384. The molecular formula is C19H15NO2. The van der Waals surface area contributed by atoms with Gasteiger partial charge in [0, 0.05) is 12.1 Å². The lowest BCUT2D eigenvalue weighted by atomic mass is 9.99. The lowest BCUT2D eigenvalue weighted by Crippen LogP contribution is -1.86. The third kappa shape index (κ3) is 2.74. The van der Waals surface area contributed by atoms with Crippen molar-refractivity contribution < 1.29 is 4.92 Å². The summed E-state index contributed by atoms with van der Waals surface area (Å²) in [5.41, 5.74) is 3.44. The second-order valence-corrected chi connectivity index (χ2v) is 5.20. The van der Waals surface area contributed by atoms with Gasteiger partial charge in [-0.3, -0.25) is 10.1 Å². The van der Waals surface area contributed by atoms with Crippen LogP contribution in [0.3, 0.4) is 0 Å². The first-order valence-corrected chi connectivity index (χ1v) is 7.06. The first kappa shape index (κ1) is 14.0. The molecule has 0 aliphatic carbocycles. The molecule has 3 rings (SSSR count). The van der Waals surface area contributed by atoms with Gasteiger partial charge in [0.15, 0.2) is 0 Å². The molecule has 3 aromatic carbocycles. The number of fused-ring (bicyclic) bond motifs is 1. The number of nitro benzene ring substituents is 1. The summed E-state index contributed by atoms with van der Waals surface area (Å²) in [6, 6.07) is 19.1. The quantitative estimate of drug-likeness (QED) is 0.376. The Morgan fingerprint density at radius 2 is 1.55 bits per heavy atom. The van der Waals surface area contributed by atoms with E-state index >= 15 is 0 Å². The fourth-order valence-corrected chi connectivity index (χ4v) is 2.51. The molecule has 3 aromatic rings. The number of hydrogen-bond donors (Lipinski definition) is 0. The predicted octanol–water partition coefficient (Wildman–Crippen LogP) is 5.23. The molecule has 0 unspecified atom stereocenters. The summed E-state index contributed by atoms with van der Waals surface area (Å²) in [5.74, 6) is 0. The van der Waals surface area contributed by atoms with Crippen LogP contribution in [0.5, 0.6) is 0 Å². The van der Waals surface area contributed by atoms with Gasteiger partial charge in [-0.05, 0) is 46.5 Å². The normalized spacial score (nSPS) is 11.1. The third-order valence-electron chi connectivity index (χ3n) is 3.74. The highest BCUT2D eigenvalue weighted by molar-refractivity contribution is 5.94. The molecule has 3 heteroatoms. The van der Waals surface area contributed by atoms with E-state index in [1.54, 1.807) is 12.1 Å². The van der Waals surface area contributed by atoms with Gasteiger partial charge in [0.05, 0.1) is 4.92 Å². The van der Waals surface area contributed by atoms with E-state index in [-0.39, 0.29) is 10.6 Å². The standard InChI is InChI=1S/C19H15NO2/c1-14-6-10-16(19-5-3-2-4-18(14)19)11-7-15-8-12-17(13-9-15)20(21)22/h2-13H,1H3/b11-7+. The van der Waals surface area contributed by atoms with Crippen LogP contribution >= 0.6 is 0 Å². The van der Waals surface area contributed by atoms with Gasteiger partial charge in [0.2, 0.25) is 0 Å². The van der Waals surface area contributed by atoms with E-state index in [9.17, 15) is 10.1 Å². The van der Waals surface area contributed by atoms with Crippen LogP contribution in [0.15, 0.2) is 60.7 Å². The highest BCUT2D eigenvalue weighted by Gasteiger charge is 2.03. The minimum atomic E-state index is -0.388. The number of nitro groups is 1. The maximum atomic E-state index is 10.7. The van der Waals surface area contributed by atoms with Gasteiger partial charge < -0.3 is 0 Å². The summed E-state index contributed by atoms with van der Waals surface area (Å²) in [6.07, 6.45) is 4.02. The summed E-state index contributed by atoms with van der Waals surface area (Å²) < 4.78 is 0. The Morgan fingerprint density at radius 1 is 0.864 bits per heavy atom. The van der Waals surface area contributed by atoms with Crippen molar-refractivity contribution >= 4 is 28.6 Å². The van der Waals surface area contributed by atoms with E-state index in [0.29, 0.717) is 0 Å². The van der Waals surface area contributed by atoms with Crippen molar-refractivity contribution in [2.75, 3.05) is 0 Å². The molecule has 0 saturated heterocycles. The number of nitrogens with zero attached hydrogens (tertiary/aromatic N) is 1. The molecule has 0 bridgehead atoms. The van der Waals surface area contributed by atoms with Crippen LogP contribution in [-0.4, -0.2) is 4.92 Å². The predicted molar refractivity (Wildman–Crippen MR) is 90.7 cm³/mol. The van der Waals surface area contributed by atoms with Crippen LogP contribution in [0.4, 0.5) is 5.69 Å². The van der Waals surface area contributed by atoms with Crippen molar-refractivity contribution in [3.05, 3.63) is 87.5 Å². The SMILES string of the molecule is Cc1ccc(/C=C/c2ccc([N+](=O)[O-])cc2)c2ccccc12. The Bertz CT molecular complexity index is 864. The van der Waals surface area contributed by atoms with E-state index in [4.69, 9.17) is 0 Å². The smallest absolute Gasteiger partial charge is 0.258 e. The minimum Gasteiger partial charge on any atom is -0.258 e. The molecule has 0 aliphatic rings. The van der Waals surface area contributed by atoms with E-state index < -0.39 is 0 Å². The zero-order valence-corrected chi connectivity index (χ0v) is 12.2. The summed E-state index contributed by atoms with van der Waals surface area (Å²) in [7, 11) is 0. The van der Waals surface area contributed by atoms with E-state index in [2.05, 4.69) is 31.2 Å². The van der Waals surface area contributed by atoms with Gasteiger partial charge in [0.1, 0.15) is 0 Å². The Balaban J connectivity index is 1.96. The first-order chi connectivity index (χ1) is 10.6. The number of aryl methyl sites for hydroxylation is 1. The average molecular weight is 289 g/mol. The monoisotopic (exact) mass is 289 g/mol. The fraction of sp³-hybridized carbons (Fsp3) is 0.0526. The number of rotatable bonds is 3. The first-order valence-electron chi connectivity index (χ1n) is 7.06. The van der Waals surface area contributed by atoms with Gasteiger partial charge in [-0.1, -0.05) is 48.6 Å². The highest BCUT2D eigenvalue weighted by atomic mass is 16.6. The molecule has 0 aliphatic heterocycles. The summed E-state index contributed by atoms with van der Waals surface area (Å²) in [5, 5.41) is 13.1. The molecule has 0 spiro atoms. The van der Waals surface area contributed by atoms with Gasteiger partial charge in [-0.2, -0.15) is 0 Å². The minimum absolute atomic E-state index is 0.109. The molecule has 22 heavy (non-hydrogen) atoms. The second kappa shape index (κ2) is 5.82. The van der Waals surface area contributed by atoms with Crippen molar-refractivity contribution in [3.63, 3.8) is 0 Å². The van der Waals surface area contributed by atoms with E-state index in [0.717, 1.165) is 11.1 Å². The Morgan fingerprint density at radius 3 is 2.23 bits per heavy atom. The van der Waals surface area contributed by atoms with Crippen molar-refractivity contribution in [3.8, 4) is 0 Å². The van der Waals surface area contributed by atoms with Crippen molar-refractivity contribution in [1.29, 1.82) is 0 Å². The van der Waals surface area contributed by atoms with Crippen LogP contribution in [0, 0.1) is 17.0 Å². The second-order valence-electron chi connectivity index (χ2n) is 5.20. The van der Waals surface area contributed by atoms with Crippen LogP contribution in [0.25, 0.3) is 22.9 Å². The molecule has 3 nitrogen and oxygen atoms in total. The van der Waals surface area contributed by atoms with Crippen LogP contribution < -0.4 is 0 Å². The van der Waals surface area contributed by atoms with Gasteiger partial charge in [-0.25, -0.2) is 0 Å². The van der Waals surface area contributed by atoms with E-state index in [1.165, 1.54) is 28.5 Å². The summed E-state index contributed by atoms with van der Waals surface area (Å²) >= 11 is 0. The van der Waals surface area contributed by atoms with Crippen LogP contribution in [-0.2, 0) is 0 Å². The number of non-ortho nitro benzene ring substituents is 1. The summed E-state index contributed by atoms with van der Waals surface area (Å²) in [6.45, 7) is 2.10. The molecule has 0 N–H and O–H groups in total. The molecule has 0 heterocycles. The molecule has 0 atom stereocenters. The van der Waals surface area contributed by atoms with E-state index in [1.807, 2.05) is 24.3 Å². The number of hydrogen-bond acceptors (Lipinski definition) is 2. The molecule has 0 fully saturated rings. The Kier molecular flexibility index (Phi) is 3.71. The zero-order valence-electron chi connectivity index (χ0n) is 12.2. The molecule has 0 amide bonds. The van der Waals surface area contributed by atoms with Gasteiger partial charge >= 0.3 is 0 Å². The third-order valence-corrected chi connectivity index (χ3v) is 3.74. The fourth-order valence-electron chi connectivity index (χ4n) is 2.51.